The van der Waals surface area contributed by atoms with Crippen LogP contribution in [0.15, 0.2) is 24.3 Å². The zero-order valence-corrected chi connectivity index (χ0v) is 18.0. The Hall–Kier alpha value is -3.05. The second-order valence-electron chi connectivity index (χ2n) is 8.76. The molecule has 3 aromatic rings. The standard InChI is InChI=1S/C23H28N8/c1-17-7-8-21-18(13-17)14-19(15-24)23(25-21)30-11-9-29(10-12-30)16-22-26-27-28-31(22)20-5-3-2-4-6-20/h7-8,13-14,20H,2-6,9-12,16H2,1H3. The van der Waals surface area contributed by atoms with Crippen molar-refractivity contribution < 1.29 is 0 Å². The van der Waals surface area contributed by atoms with Crippen molar-refractivity contribution in [3.05, 3.63) is 41.2 Å². The molecule has 3 heterocycles. The summed E-state index contributed by atoms with van der Waals surface area (Å²) in [6, 6.07) is 11.0. The van der Waals surface area contributed by atoms with E-state index in [0.29, 0.717) is 11.6 Å². The van der Waals surface area contributed by atoms with Gasteiger partial charge in [0, 0.05) is 31.6 Å². The van der Waals surface area contributed by atoms with Gasteiger partial charge in [-0.05, 0) is 48.4 Å². The summed E-state index contributed by atoms with van der Waals surface area (Å²) in [4.78, 5) is 9.47. The molecule has 0 amide bonds. The summed E-state index contributed by atoms with van der Waals surface area (Å²) in [6.07, 6.45) is 6.21. The lowest BCUT2D eigenvalue weighted by molar-refractivity contribution is 0.229. The van der Waals surface area contributed by atoms with Gasteiger partial charge in [-0.3, -0.25) is 4.90 Å². The summed E-state index contributed by atoms with van der Waals surface area (Å²) in [7, 11) is 0. The van der Waals surface area contributed by atoms with E-state index >= 15 is 0 Å². The summed E-state index contributed by atoms with van der Waals surface area (Å²) in [5.74, 6) is 1.77. The van der Waals surface area contributed by atoms with Crippen molar-refractivity contribution in [2.75, 3.05) is 31.1 Å². The quantitative estimate of drug-likeness (QED) is 0.645. The number of aromatic nitrogens is 5. The van der Waals surface area contributed by atoms with E-state index in [0.717, 1.165) is 55.3 Å². The molecule has 31 heavy (non-hydrogen) atoms. The van der Waals surface area contributed by atoms with E-state index < -0.39 is 0 Å². The Labute approximate surface area is 182 Å². The molecule has 0 atom stereocenters. The van der Waals surface area contributed by atoms with Crippen LogP contribution in [0.4, 0.5) is 5.82 Å². The van der Waals surface area contributed by atoms with Crippen molar-refractivity contribution in [3.8, 4) is 6.07 Å². The Morgan fingerprint density at radius 2 is 1.87 bits per heavy atom. The third-order valence-electron chi connectivity index (χ3n) is 6.59. The molecule has 0 N–H and O–H groups in total. The summed E-state index contributed by atoms with van der Waals surface area (Å²) in [5, 5.41) is 23.3. The maximum absolute atomic E-state index is 9.70. The highest BCUT2D eigenvalue weighted by Gasteiger charge is 2.25. The molecule has 2 aromatic heterocycles. The summed E-state index contributed by atoms with van der Waals surface area (Å²) >= 11 is 0. The molecule has 160 valence electrons. The van der Waals surface area contributed by atoms with Crippen LogP contribution in [-0.4, -0.2) is 56.3 Å². The van der Waals surface area contributed by atoms with E-state index in [9.17, 15) is 5.26 Å². The van der Waals surface area contributed by atoms with Crippen molar-refractivity contribution in [2.24, 2.45) is 0 Å². The second-order valence-corrected chi connectivity index (χ2v) is 8.76. The van der Waals surface area contributed by atoms with Gasteiger partial charge in [0.2, 0.25) is 0 Å². The van der Waals surface area contributed by atoms with Gasteiger partial charge in [0.05, 0.1) is 23.7 Å². The Balaban J connectivity index is 1.28. The number of hydrogen-bond donors (Lipinski definition) is 0. The Bertz CT molecular complexity index is 1100. The molecular weight excluding hydrogens is 388 g/mol. The molecule has 1 saturated carbocycles. The molecule has 0 spiro atoms. The first kappa shape index (κ1) is 19.9. The van der Waals surface area contributed by atoms with E-state index in [4.69, 9.17) is 4.98 Å². The highest BCUT2D eigenvalue weighted by atomic mass is 15.6. The van der Waals surface area contributed by atoms with E-state index in [1.807, 2.05) is 12.1 Å². The van der Waals surface area contributed by atoms with Gasteiger partial charge in [0.25, 0.3) is 0 Å². The predicted octanol–water partition coefficient (Wildman–Crippen LogP) is 3.23. The van der Waals surface area contributed by atoms with Crippen LogP contribution in [-0.2, 0) is 6.54 Å². The van der Waals surface area contributed by atoms with Gasteiger partial charge >= 0.3 is 0 Å². The third-order valence-corrected chi connectivity index (χ3v) is 6.59. The molecule has 8 nitrogen and oxygen atoms in total. The van der Waals surface area contributed by atoms with E-state index in [2.05, 4.69) is 55.1 Å². The molecule has 2 aliphatic rings. The van der Waals surface area contributed by atoms with Gasteiger partial charge in [-0.25, -0.2) is 9.67 Å². The fourth-order valence-electron chi connectivity index (χ4n) is 4.85. The lowest BCUT2D eigenvalue weighted by atomic mass is 9.95. The third kappa shape index (κ3) is 4.10. The number of pyridine rings is 1. The molecule has 0 unspecified atom stereocenters. The van der Waals surface area contributed by atoms with Gasteiger partial charge in [-0.2, -0.15) is 5.26 Å². The zero-order valence-electron chi connectivity index (χ0n) is 18.0. The van der Waals surface area contributed by atoms with Crippen molar-refractivity contribution >= 4 is 16.7 Å². The van der Waals surface area contributed by atoms with Crippen LogP contribution >= 0.6 is 0 Å². The van der Waals surface area contributed by atoms with Crippen molar-refractivity contribution in [1.82, 2.24) is 30.1 Å². The average Bonchev–Trinajstić information content (AvgIpc) is 3.27. The second kappa shape index (κ2) is 8.60. The molecule has 8 heteroatoms. The fourth-order valence-corrected chi connectivity index (χ4v) is 4.85. The number of hydrogen-bond acceptors (Lipinski definition) is 7. The molecule has 1 aliphatic heterocycles. The first-order valence-corrected chi connectivity index (χ1v) is 11.3. The number of aryl methyl sites for hydroxylation is 1. The van der Waals surface area contributed by atoms with E-state index in [1.54, 1.807) is 0 Å². The first-order valence-electron chi connectivity index (χ1n) is 11.3. The van der Waals surface area contributed by atoms with Crippen molar-refractivity contribution in [3.63, 3.8) is 0 Å². The maximum Gasteiger partial charge on any atom is 0.165 e. The predicted molar refractivity (Wildman–Crippen MR) is 119 cm³/mol. The topological polar surface area (TPSA) is 86.8 Å². The highest BCUT2D eigenvalue weighted by Crippen LogP contribution is 2.28. The Morgan fingerprint density at radius 3 is 2.65 bits per heavy atom. The number of nitriles is 1. The van der Waals surface area contributed by atoms with E-state index in [1.165, 1.54) is 37.7 Å². The van der Waals surface area contributed by atoms with E-state index in [-0.39, 0.29) is 0 Å². The van der Waals surface area contributed by atoms with Crippen LogP contribution in [0, 0.1) is 18.3 Å². The van der Waals surface area contributed by atoms with Gasteiger partial charge in [0.15, 0.2) is 5.82 Å². The maximum atomic E-state index is 9.70. The normalized spacial score (nSPS) is 18.4. The fraction of sp³-hybridized carbons (Fsp3) is 0.522. The van der Waals surface area contributed by atoms with Gasteiger partial charge in [-0.1, -0.05) is 30.9 Å². The minimum Gasteiger partial charge on any atom is -0.353 e. The first-order chi connectivity index (χ1) is 15.2. The highest BCUT2D eigenvalue weighted by molar-refractivity contribution is 5.83. The summed E-state index contributed by atoms with van der Waals surface area (Å²) < 4.78 is 2.06. The number of tetrazole rings is 1. The molecule has 0 bridgehead atoms. The summed E-state index contributed by atoms with van der Waals surface area (Å²) in [6.45, 7) is 6.30. The van der Waals surface area contributed by atoms with Crippen LogP contribution in [0.3, 0.4) is 0 Å². The summed E-state index contributed by atoms with van der Waals surface area (Å²) in [5.41, 5.74) is 2.76. The SMILES string of the molecule is Cc1ccc2nc(N3CCN(Cc4nnnn4C4CCCCC4)CC3)c(C#N)cc2c1. The zero-order chi connectivity index (χ0) is 21.2. The number of rotatable bonds is 4. The monoisotopic (exact) mass is 416 g/mol. The Kier molecular flexibility index (Phi) is 5.51. The van der Waals surface area contributed by atoms with Crippen molar-refractivity contribution in [2.45, 2.75) is 51.6 Å². The van der Waals surface area contributed by atoms with Crippen LogP contribution in [0.2, 0.25) is 0 Å². The number of nitrogens with zero attached hydrogens (tertiary/aromatic N) is 8. The van der Waals surface area contributed by atoms with Gasteiger partial charge in [-0.15, -0.1) is 5.10 Å². The lowest BCUT2D eigenvalue weighted by Crippen LogP contribution is -2.46. The van der Waals surface area contributed by atoms with Crippen molar-refractivity contribution in [1.29, 1.82) is 5.26 Å². The number of benzene rings is 1. The largest absolute Gasteiger partial charge is 0.353 e. The molecule has 1 aliphatic carbocycles. The smallest absolute Gasteiger partial charge is 0.165 e. The number of piperazine rings is 1. The average molecular weight is 417 g/mol. The number of anilines is 1. The van der Waals surface area contributed by atoms with Gasteiger partial charge < -0.3 is 4.90 Å². The molecule has 0 radical (unpaired) electrons. The molecule has 1 aromatic carbocycles. The van der Waals surface area contributed by atoms with Crippen LogP contribution < -0.4 is 4.90 Å². The van der Waals surface area contributed by atoms with Gasteiger partial charge in [0.1, 0.15) is 11.9 Å². The minimum absolute atomic E-state index is 0.448. The molecule has 1 saturated heterocycles. The van der Waals surface area contributed by atoms with Crippen LogP contribution in [0.1, 0.15) is 55.1 Å². The number of fused-ring (bicyclic) bond motifs is 1. The molecule has 5 rings (SSSR count). The molecular formula is C23H28N8. The van der Waals surface area contributed by atoms with Crippen LogP contribution in [0.5, 0.6) is 0 Å². The molecule has 2 fully saturated rings. The lowest BCUT2D eigenvalue weighted by Gasteiger charge is -2.35. The minimum atomic E-state index is 0.448. The Morgan fingerprint density at radius 1 is 1.06 bits per heavy atom. The van der Waals surface area contributed by atoms with Crippen LogP contribution in [0.25, 0.3) is 10.9 Å².